The number of hydrogen-bond acceptors (Lipinski definition) is 4. The molecule has 2 N–H and O–H groups in total. The number of anilines is 2. The first kappa shape index (κ1) is 14.9. The molecule has 0 spiro atoms. The van der Waals surface area contributed by atoms with Crippen molar-refractivity contribution in [3.05, 3.63) is 48.0 Å². The normalized spacial score (nSPS) is 15.9. The number of nitrogens with one attached hydrogen (secondary N) is 2. The minimum absolute atomic E-state index is 0.249. The molecule has 2 aromatic carbocycles. The minimum atomic E-state index is -0.563. The Balaban J connectivity index is 1.87. The number of carbonyl (C=O) groups excluding carboxylic acids is 2. The molecule has 1 heterocycles. The van der Waals surface area contributed by atoms with Gasteiger partial charge in [0, 0.05) is 5.56 Å². The maximum Gasteiger partial charge on any atom is 0.265 e. The van der Waals surface area contributed by atoms with Gasteiger partial charge >= 0.3 is 0 Å². The van der Waals surface area contributed by atoms with E-state index in [9.17, 15) is 9.59 Å². The fourth-order valence-electron chi connectivity index (χ4n) is 2.29. The highest BCUT2D eigenvalue weighted by Gasteiger charge is 2.26. The number of para-hydroxylation sites is 1. The average molecular weight is 312 g/mol. The van der Waals surface area contributed by atoms with E-state index in [1.54, 1.807) is 56.5 Å². The number of hydrogen-bond donors (Lipinski definition) is 2. The van der Waals surface area contributed by atoms with E-state index in [2.05, 4.69) is 10.6 Å². The molecule has 1 aliphatic heterocycles. The van der Waals surface area contributed by atoms with Crippen LogP contribution in [0.4, 0.5) is 11.4 Å². The Hall–Kier alpha value is -3.02. The fourth-order valence-corrected chi connectivity index (χ4v) is 2.29. The highest BCUT2D eigenvalue weighted by molar-refractivity contribution is 6.09. The predicted molar refractivity (Wildman–Crippen MR) is 86.1 cm³/mol. The van der Waals surface area contributed by atoms with Crippen LogP contribution in [-0.4, -0.2) is 25.0 Å². The molecule has 1 aliphatic rings. The molecule has 0 aliphatic carbocycles. The van der Waals surface area contributed by atoms with Gasteiger partial charge in [0.2, 0.25) is 0 Å². The van der Waals surface area contributed by atoms with Crippen LogP contribution >= 0.6 is 0 Å². The number of rotatable bonds is 3. The molecule has 1 atom stereocenters. The van der Waals surface area contributed by atoms with Crippen LogP contribution in [0.1, 0.15) is 17.3 Å². The molecule has 0 saturated carbocycles. The number of amides is 2. The molecule has 0 fully saturated rings. The molecule has 6 heteroatoms. The van der Waals surface area contributed by atoms with E-state index in [0.717, 1.165) is 0 Å². The highest BCUT2D eigenvalue weighted by Crippen LogP contribution is 2.36. The van der Waals surface area contributed by atoms with Crippen LogP contribution in [0.25, 0.3) is 0 Å². The monoisotopic (exact) mass is 312 g/mol. The predicted octanol–water partition coefficient (Wildman–Crippen LogP) is 2.67. The van der Waals surface area contributed by atoms with Gasteiger partial charge in [-0.25, -0.2) is 0 Å². The van der Waals surface area contributed by atoms with Crippen LogP contribution in [0.5, 0.6) is 11.5 Å². The molecule has 23 heavy (non-hydrogen) atoms. The number of methoxy groups -OCH3 is 1. The van der Waals surface area contributed by atoms with Crippen molar-refractivity contribution in [3.63, 3.8) is 0 Å². The van der Waals surface area contributed by atoms with Crippen molar-refractivity contribution in [2.45, 2.75) is 13.0 Å². The first-order valence-electron chi connectivity index (χ1n) is 7.14. The van der Waals surface area contributed by atoms with Crippen molar-refractivity contribution in [3.8, 4) is 11.5 Å². The molecule has 118 valence electrons. The van der Waals surface area contributed by atoms with Crippen LogP contribution in [0, 0.1) is 0 Å². The zero-order valence-electron chi connectivity index (χ0n) is 12.8. The first-order chi connectivity index (χ1) is 11.1. The molecule has 0 bridgehead atoms. The number of benzene rings is 2. The van der Waals surface area contributed by atoms with E-state index in [1.807, 2.05) is 0 Å². The number of ether oxygens (including phenoxy) is 2. The van der Waals surface area contributed by atoms with Crippen molar-refractivity contribution in [2.24, 2.45) is 0 Å². The Morgan fingerprint density at radius 1 is 1.26 bits per heavy atom. The van der Waals surface area contributed by atoms with E-state index in [4.69, 9.17) is 9.47 Å². The molecule has 0 aromatic heterocycles. The lowest BCUT2D eigenvalue weighted by Crippen LogP contribution is -2.34. The Kier molecular flexibility index (Phi) is 3.89. The molecular weight excluding hydrogens is 296 g/mol. The van der Waals surface area contributed by atoms with Crippen LogP contribution < -0.4 is 20.1 Å². The smallest absolute Gasteiger partial charge is 0.265 e. The summed E-state index contributed by atoms with van der Waals surface area (Å²) in [5.41, 5.74) is 1.40. The van der Waals surface area contributed by atoms with Crippen LogP contribution in [0.2, 0.25) is 0 Å². The largest absolute Gasteiger partial charge is 0.497 e. The lowest BCUT2D eigenvalue weighted by molar-refractivity contribution is -0.122. The van der Waals surface area contributed by atoms with Crippen LogP contribution in [0.15, 0.2) is 42.5 Å². The summed E-state index contributed by atoms with van der Waals surface area (Å²) < 4.78 is 10.6. The van der Waals surface area contributed by atoms with Crippen molar-refractivity contribution >= 4 is 23.2 Å². The van der Waals surface area contributed by atoms with Gasteiger partial charge in [-0.05, 0) is 37.3 Å². The van der Waals surface area contributed by atoms with Crippen molar-refractivity contribution < 1.29 is 19.1 Å². The lowest BCUT2D eigenvalue weighted by atomic mass is 10.1. The molecule has 3 rings (SSSR count). The zero-order chi connectivity index (χ0) is 16.4. The number of fused-ring (bicyclic) bond motifs is 1. The van der Waals surface area contributed by atoms with Gasteiger partial charge < -0.3 is 20.1 Å². The van der Waals surface area contributed by atoms with Gasteiger partial charge in [0.05, 0.1) is 12.8 Å². The topological polar surface area (TPSA) is 76.7 Å². The number of carbonyl (C=O) groups is 2. The van der Waals surface area contributed by atoms with Crippen molar-refractivity contribution in [1.82, 2.24) is 0 Å². The Bertz CT molecular complexity index is 773. The second-order valence-electron chi connectivity index (χ2n) is 5.11. The Labute approximate surface area is 133 Å². The minimum Gasteiger partial charge on any atom is -0.497 e. The third kappa shape index (κ3) is 2.96. The Morgan fingerprint density at radius 3 is 2.83 bits per heavy atom. The molecule has 1 unspecified atom stereocenters. The summed E-state index contributed by atoms with van der Waals surface area (Å²) in [4.78, 5) is 24.2. The van der Waals surface area contributed by atoms with E-state index in [1.165, 1.54) is 0 Å². The molecule has 6 nitrogen and oxygen atoms in total. The molecule has 2 aromatic rings. The van der Waals surface area contributed by atoms with Gasteiger partial charge in [-0.1, -0.05) is 12.1 Å². The quantitative estimate of drug-likeness (QED) is 0.913. The van der Waals surface area contributed by atoms with E-state index < -0.39 is 6.10 Å². The third-order valence-corrected chi connectivity index (χ3v) is 3.53. The second kappa shape index (κ2) is 6.00. The fraction of sp³-hybridized carbons (Fsp3) is 0.176. The van der Waals surface area contributed by atoms with Crippen molar-refractivity contribution in [1.29, 1.82) is 0 Å². The summed E-state index contributed by atoms with van der Waals surface area (Å²) in [6.45, 7) is 1.67. The summed E-state index contributed by atoms with van der Waals surface area (Å²) in [5, 5.41) is 5.54. The second-order valence-corrected chi connectivity index (χ2v) is 5.11. The summed E-state index contributed by atoms with van der Waals surface area (Å²) in [6.07, 6.45) is -0.563. The standard InChI is InChI=1S/C17H16N2O4/c1-10-16(20)19-15-13(7-4-8-14(15)23-10)18-17(21)11-5-3-6-12(9-11)22-2/h3-10H,1-2H3,(H,18,21)(H,19,20). The van der Waals surface area contributed by atoms with Crippen molar-refractivity contribution in [2.75, 3.05) is 17.7 Å². The summed E-state index contributed by atoms with van der Waals surface area (Å²) in [7, 11) is 1.54. The van der Waals surface area contributed by atoms with Gasteiger partial charge in [-0.3, -0.25) is 9.59 Å². The molecule has 0 saturated heterocycles. The third-order valence-electron chi connectivity index (χ3n) is 3.53. The molecule has 0 radical (unpaired) electrons. The maximum atomic E-state index is 12.4. The summed E-state index contributed by atoms with van der Waals surface area (Å²) >= 11 is 0. The van der Waals surface area contributed by atoms with E-state index in [-0.39, 0.29) is 11.8 Å². The zero-order valence-corrected chi connectivity index (χ0v) is 12.8. The highest BCUT2D eigenvalue weighted by atomic mass is 16.5. The summed E-state index contributed by atoms with van der Waals surface area (Å²) in [5.74, 6) is 0.574. The van der Waals surface area contributed by atoms with E-state index in [0.29, 0.717) is 28.4 Å². The van der Waals surface area contributed by atoms with Gasteiger partial charge in [0.25, 0.3) is 11.8 Å². The lowest BCUT2D eigenvalue weighted by Gasteiger charge is -2.25. The van der Waals surface area contributed by atoms with Crippen LogP contribution in [-0.2, 0) is 4.79 Å². The van der Waals surface area contributed by atoms with Crippen LogP contribution in [0.3, 0.4) is 0 Å². The average Bonchev–Trinajstić information content (AvgIpc) is 2.56. The first-order valence-corrected chi connectivity index (χ1v) is 7.14. The molecular formula is C17H16N2O4. The summed E-state index contributed by atoms with van der Waals surface area (Å²) in [6, 6.07) is 12.0. The SMILES string of the molecule is COc1cccc(C(=O)Nc2cccc3c2NC(=O)C(C)O3)c1. The van der Waals surface area contributed by atoms with E-state index >= 15 is 0 Å². The van der Waals surface area contributed by atoms with Gasteiger partial charge in [0.15, 0.2) is 6.10 Å². The molecule has 2 amide bonds. The van der Waals surface area contributed by atoms with Gasteiger partial charge in [-0.2, -0.15) is 0 Å². The Morgan fingerprint density at radius 2 is 2.04 bits per heavy atom. The van der Waals surface area contributed by atoms with Gasteiger partial charge in [0.1, 0.15) is 17.2 Å². The maximum absolute atomic E-state index is 12.4. The van der Waals surface area contributed by atoms with Gasteiger partial charge in [-0.15, -0.1) is 0 Å².